The van der Waals surface area contributed by atoms with Gasteiger partial charge in [0.05, 0.1) is 5.02 Å². The largest absolute Gasteiger partial charge is 0.351 e. The lowest BCUT2D eigenvalue weighted by Crippen LogP contribution is -2.34. The van der Waals surface area contributed by atoms with Crippen molar-refractivity contribution in [2.24, 2.45) is 0 Å². The number of amides is 1. The van der Waals surface area contributed by atoms with Crippen molar-refractivity contribution >= 4 is 17.5 Å². The molecule has 16 heavy (non-hydrogen) atoms. The van der Waals surface area contributed by atoms with Crippen molar-refractivity contribution in [1.29, 1.82) is 0 Å². The van der Waals surface area contributed by atoms with E-state index in [9.17, 15) is 9.59 Å². The molecule has 0 fully saturated rings. The van der Waals surface area contributed by atoms with E-state index in [2.05, 4.69) is 10.3 Å². The highest BCUT2D eigenvalue weighted by molar-refractivity contribution is 6.30. The number of aromatic nitrogens is 1. The smallest absolute Gasteiger partial charge is 0.260 e. The lowest BCUT2D eigenvalue weighted by Gasteiger charge is -2.10. The molecule has 88 valence electrons. The number of hydrogen-bond acceptors (Lipinski definition) is 3. The topological polar surface area (TPSA) is 65.2 Å². The molecule has 0 saturated heterocycles. The third-order valence-electron chi connectivity index (χ3n) is 1.96. The van der Waals surface area contributed by atoms with E-state index in [0.29, 0.717) is 18.1 Å². The molecule has 0 aliphatic rings. The van der Waals surface area contributed by atoms with Crippen molar-refractivity contribution in [1.82, 2.24) is 15.2 Å². The highest BCUT2D eigenvalue weighted by Gasteiger charge is 2.10. The van der Waals surface area contributed by atoms with E-state index in [1.807, 2.05) is 19.0 Å². The van der Waals surface area contributed by atoms with Gasteiger partial charge in [0.2, 0.25) is 0 Å². The fourth-order valence-electron chi connectivity index (χ4n) is 1.11. The van der Waals surface area contributed by atoms with E-state index in [1.165, 1.54) is 12.3 Å². The minimum Gasteiger partial charge on any atom is -0.351 e. The molecule has 1 amide bonds. The molecular weight excluding hydrogens is 230 g/mol. The van der Waals surface area contributed by atoms with Crippen LogP contribution in [0.3, 0.4) is 0 Å². The summed E-state index contributed by atoms with van der Waals surface area (Å²) in [5.41, 5.74) is -0.405. The lowest BCUT2D eigenvalue weighted by molar-refractivity contribution is 0.0949. The zero-order chi connectivity index (χ0) is 12.1. The van der Waals surface area contributed by atoms with Crippen LogP contribution in [-0.2, 0) is 0 Å². The first-order valence-electron chi connectivity index (χ1n) is 4.82. The van der Waals surface area contributed by atoms with Crippen molar-refractivity contribution < 1.29 is 4.79 Å². The summed E-state index contributed by atoms with van der Waals surface area (Å²) in [5, 5.41) is 2.97. The number of rotatable bonds is 4. The van der Waals surface area contributed by atoms with Crippen LogP contribution >= 0.6 is 11.6 Å². The van der Waals surface area contributed by atoms with Crippen LogP contribution in [0.5, 0.6) is 0 Å². The van der Waals surface area contributed by atoms with Gasteiger partial charge < -0.3 is 15.2 Å². The second-order valence-corrected chi connectivity index (χ2v) is 4.06. The summed E-state index contributed by atoms with van der Waals surface area (Å²) in [4.78, 5) is 27.2. The van der Waals surface area contributed by atoms with E-state index >= 15 is 0 Å². The predicted molar refractivity (Wildman–Crippen MR) is 63.0 cm³/mol. The minimum atomic E-state index is -0.438. The van der Waals surface area contributed by atoms with E-state index in [-0.39, 0.29) is 5.56 Å². The average Bonchev–Trinajstić information content (AvgIpc) is 2.21. The number of likely N-dealkylation sites (N-methyl/N-ethyl adjacent to an activating group) is 1. The Bertz CT molecular complexity index is 428. The molecule has 5 nitrogen and oxygen atoms in total. The summed E-state index contributed by atoms with van der Waals surface area (Å²) in [6, 6.07) is 1.35. The van der Waals surface area contributed by atoms with Crippen LogP contribution < -0.4 is 10.9 Å². The number of nitrogens with zero attached hydrogens (tertiary/aromatic N) is 1. The molecule has 6 heteroatoms. The van der Waals surface area contributed by atoms with Gasteiger partial charge >= 0.3 is 0 Å². The summed E-state index contributed by atoms with van der Waals surface area (Å²) in [6.45, 7) is 1.20. The van der Waals surface area contributed by atoms with Crippen LogP contribution in [0.1, 0.15) is 10.4 Å². The van der Waals surface area contributed by atoms with Crippen molar-refractivity contribution in [3.8, 4) is 0 Å². The molecule has 1 aromatic heterocycles. The monoisotopic (exact) mass is 243 g/mol. The molecule has 1 aromatic rings. The minimum absolute atomic E-state index is 0.0336. The van der Waals surface area contributed by atoms with Gasteiger partial charge in [0.15, 0.2) is 0 Å². The van der Waals surface area contributed by atoms with Crippen LogP contribution in [0, 0.1) is 0 Å². The maximum Gasteiger partial charge on any atom is 0.260 e. The Labute approximate surface area is 98.4 Å². The molecule has 0 saturated carbocycles. The van der Waals surface area contributed by atoms with Crippen LogP contribution in [0.4, 0.5) is 0 Å². The van der Waals surface area contributed by atoms with Gasteiger partial charge in [-0.1, -0.05) is 11.6 Å². The van der Waals surface area contributed by atoms with Gasteiger partial charge in [-0.05, 0) is 20.2 Å². The molecule has 0 spiro atoms. The van der Waals surface area contributed by atoms with E-state index < -0.39 is 11.5 Å². The first-order valence-corrected chi connectivity index (χ1v) is 5.19. The molecule has 1 heterocycles. The van der Waals surface area contributed by atoms with Crippen molar-refractivity contribution in [2.45, 2.75) is 0 Å². The van der Waals surface area contributed by atoms with Crippen LogP contribution in [0.25, 0.3) is 0 Å². The standard InChI is InChI=1S/C10H14ClN3O2/c1-14(2)4-3-12-9(15)8-5-7(11)6-13-10(8)16/h5-6H,3-4H2,1-2H3,(H,12,15)(H,13,16). The summed E-state index contributed by atoms with van der Waals surface area (Å²) in [5.74, 6) is -0.411. The molecule has 2 N–H and O–H groups in total. The quantitative estimate of drug-likeness (QED) is 0.801. The van der Waals surface area contributed by atoms with Crippen molar-refractivity contribution in [3.05, 3.63) is 33.2 Å². The lowest BCUT2D eigenvalue weighted by atomic mass is 10.2. The number of carbonyl (C=O) groups excluding carboxylic acids is 1. The zero-order valence-corrected chi connectivity index (χ0v) is 9.97. The van der Waals surface area contributed by atoms with Crippen LogP contribution in [-0.4, -0.2) is 43.0 Å². The third-order valence-corrected chi connectivity index (χ3v) is 2.18. The molecule has 0 atom stereocenters. The zero-order valence-electron chi connectivity index (χ0n) is 9.21. The molecular formula is C10H14ClN3O2. The molecule has 0 radical (unpaired) electrons. The van der Waals surface area contributed by atoms with Gasteiger partial charge in [-0.25, -0.2) is 0 Å². The maximum absolute atomic E-state index is 11.6. The number of hydrogen-bond donors (Lipinski definition) is 2. The average molecular weight is 244 g/mol. The fraction of sp³-hybridized carbons (Fsp3) is 0.400. The number of pyridine rings is 1. The Hall–Kier alpha value is -1.33. The number of aromatic amines is 1. The second kappa shape index (κ2) is 5.67. The Kier molecular flexibility index (Phi) is 4.52. The predicted octanol–water partition coefficient (Wildman–Crippen LogP) is 0.320. The highest BCUT2D eigenvalue weighted by Crippen LogP contribution is 2.04. The normalized spacial score (nSPS) is 10.5. The number of nitrogens with one attached hydrogen (secondary N) is 2. The molecule has 1 rings (SSSR count). The van der Waals surface area contributed by atoms with Gasteiger partial charge in [0.25, 0.3) is 11.5 Å². The second-order valence-electron chi connectivity index (χ2n) is 3.62. The van der Waals surface area contributed by atoms with Crippen molar-refractivity contribution in [3.63, 3.8) is 0 Å². The first kappa shape index (κ1) is 12.7. The molecule has 0 aliphatic carbocycles. The summed E-state index contributed by atoms with van der Waals surface area (Å²) in [6.07, 6.45) is 1.35. The van der Waals surface area contributed by atoms with E-state index in [4.69, 9.17) is 11.6 Å². The fourth-order valence-corrected chi connectivity index (χ4v) is 1.28. The van der Waals surface area contributed by atoms with Crippen LogP contribution in [0.2, 0.25) is 5.02 Å². The molecule has 0 aromatic carbocycles. The number of carbonyl (C=O) groups is 1. The van der Waals surface area contributed by atoms with Gasteiger partial charge in [0, 0.05) is 19.3 Å². The Morgan fingerprint density at radius 1 is 1.56 bits per heavy atom. The van der Waals surface area contributed by atoms with Gasteiger partial charge in [-0.3, -0.25) is 9.59 Å². The van der Waals surface area contributed by atoms with Crippen molar-refractivity contribution in [2.75, 3.05) is 27.2 Å². The summed E-state index contributed by atoms with van der Waals surface area (Å²) < 4.78 is 0. The third kappa shape index (κ3) is 3.67. The molecule has 0 bridgehead atoms. The summed E-state index contributed by atoms with van der Waals surface area (Å²) in [7, 11) is 3.80. The highest BCUT2D eigenvalue weighted by atomic mass is 35.5. The first-order chi connectivity index (χ1) is 7.50. The SMILES string of the molecule is CN(C)CCNC(=O)c1cc(Cl)c[nH]c1=O. The Morgan fingerprint density at radius 3 is 2.88 bits per heavy atom. The number of halogens is 1. The Morgan fingerprint density at radius 2 is 2.25 bits per heavy atom. The van der Waals surface area contributed by atoms with Gasteiger partial charge in [-0.2, -0.15) is 0 Å². The maximum atomic E-state index is 11.6. The molecule has 0 aliphatic heterocycles. The van der Waals surface area contributed by atoms with E-state index in [0.717, 1.165) is 0 Å². The van der Waals surface area contributed by atoms with Gasteiger partial charge in [0.1, 0.15) is 5.56 Å². The van der Waals surface area contributed by atoms with E-state index in [1.54, 1.807) is 0 Å². The van der Waals surface area contributed by atoms with Crippen LogP contribution in [0.15, 0.2) is 17.1 Å². The summed E-state index contributed by atoms with van der Waals surface area (Å²) >= 11 is 5.69. The molecule has 0 unspecified atom stereocenters. The number of H-pyrrole nitrogens is 1. The van der Waals surface area contributed by atoms with Gasteiger partial charge in [-0.15, -0.1) is 0 Å². The Balaban J connectivity index is 2.66.